The van der Waals surface area contributed by atoms with Gasteiger partial charge in [0.15, 0.2) is 11.6 Å². The summed E-state index contributed by atoms with van der Waals surface area (Å²) in [5.41, 5.74) is 6.32. The van der Waals surface area contributed by atoms with E-state index in [2.05, 4.69) is 0 Å². The summed E-state index contributed by atoms with van der Waals surface area (Å²) in [6.07, 6.45) is 2.39. The fraction of sp³-hybridized carbons (Fsp3) is 0.455. The molecule has 0 atom stereocenters. The Bertz CT molecular complexity index is 388. The van der Waals surface area contributed by atoms with Crippen LogP contribution < -0.4 is 10.5 Å². The predicted molar refractivity (Wildman–Crippen MR) is 52.8 cm³/mol. The Labute approximate surface area is 87.0 Å². The summed E-state index contributed by atoms with van der Waals surface area (Å²) in [6.45, 7) is 0. The minimum atomic E-state index is -0.931. The lowest BCUT2D eigenvalue weighted by molar-refractivity contribution is 0.365. The fourth-order valence-corrected chi connectivity index (χ4v) is 1.65. The minimum absolute atomic E-state index is 0.0216. The molecule has 1 aliphatic rings. The zero-order valence-corrected chi connectivity index (χ0v) is 8.52. The van der Waals surface area contributed by atoms with Gasteiger partial charge in [0.05, 0.1) is 7.11 Å². The maximum Gasteiger partial charge on any atom is 0.200 e. The van der Waals surface area contributed by atoms with E-state index in [1.807, 2.05) is 0 Å². The standard InChI is InChI=1S/C11H13F2NO/c1-15-10-7(6-11(14)4-5-11)2-3-8(12)9(10)13/h2-3H,4-6,14H2,1H3. The van der Waals surface area contributed by atoms with E-state index in [1.54, 1.807) is 0 Å². The first-order valence-corrected chi connectivity index (χ1v) is 4.85. The Morgan fingerprint density at radius 3 is 2.60 bits per heavy atom. The van der Waals surface area contributed by atoms with E-state index in [9.17, 15) is 8.78 Å². The second-order valence-corrected chi connectivity index (χ2v) is 4.09. The van der Waals surface area contributed by atoms with Crippen LogP contribution in [0.5, 0.6) is 5.75 Å². The number of hydrogen-bond donors (Lipinski definition) is 1. The molecule has 15 heavy (non-hydrogen) atoms. The molecule has 0 amide bonds. The summed E-state index contributed by atoms with van der Waals surface area (Å²) in [5, 5.41) is 0. The van der Waals surface area contributed by atoms with Crippen LogP contribution in [-0.4, -0.2) is 12.6 Å². The molecule has 0 unspecified atom stereocenters. The Hall–Kier alpha value is -1.16. The van der Waals surface area contributed by atoms with E-state index >= 15 is 0 Å². The molecule has 2 rings (SSSR count). The van der Waals surface area contributed by atoms with Crippen molar-refractivity contribution in [2.24, 2.45) is 5.73 Å². The van der Waals surface area contributed by atoms with Crippen molar-refractivity contribution in [3.05, 3.63) is 29.3 Å². The van der Waals surface area contributed by atoms with E-state index in [0.717, 1.165) is 18.9 Å². The largest absolute Gasteiger partial charge is 0.493 e. The van der Waals surface area contributed by atoms with Crippen molar-refractivity contribution >= 4 is 0 Å². The molecule has 1 aromatic rings. The molecule has 0 radical (unpaired) electrons. The average Bonchev–Trinajstić information content (AvgIpc) is 2.91. The van der Waals surface area contributed by atoms with E-state index < -0.39 is 11.6 Å². The highest BCUT2D eigenvalue weighted by molar-refractivity contribution is 5.37. The van der Waals surface area contributed by atoms with Crippen molar-refractivity contribution in [1.82, 2.24) is 0 Å². The monoisotopic (exact) mass is 213 g/mol. The van der Waals surface area contributed by atoms with Crippen LogP contribution in [0.3, 0.4) is 0 Å². The summed E-state index contributed by atoms with van der Waals surface area (Å²) in [4.78, 5) is 0. The topological polar surface area (TPSA) is 35.2 Å². The van der Waals surface area contributed by atoms with Gasteiger partial charge in [-0.3, -0.25) is 0 Å². The molecule has 0 aromatic heterocycles. The van der Waals surface area contributed by atoms with E-state index in [0.29, 0.717) is 12.0 Å². The van der Waals surface area contributed by atoms with Gasteiger partial charge in [-0.2, -0.15) is 4.39 Å². The van der Waals surface area contributed by atoms with Crippen molar-refractivity contribution in [2.45, 2.75) is 24.8 Å². The van der Waals surface area contributed by atoms with Gasteiger partial charge in [0.2, 0.25) is 5.82 Å². The number of hydrogen-bond acceptors (Lipinski definition) is 2. The Balaban J connectivity index is 2.34. The number of rotatable bonds is 3. The first-order chi connectivity index (χ1) is 7.06. The summed E-state index contributed by atoms with van der Waals surface area (Å²) in [6, 6.07) is 2.64. The molecular formula is C11H13F2NO. The first-order valence-electron chi connectivity index (χ1n) is 4.85. The molecule has 82 valence electrons. The van der Waals surface area contributed by atoms with Gasteiger partial charge in [0.1, 0.15) is 0 Å². The van der Waals surface area contributed by atoms with Crippen LogP contribution in [0.2, 0.25) is 0 Å². The molecule has 2 nitrogen and oxygen atoms in total. The second-order valence-electron chi connectivity index (χ2n) is 4.09. The average molecular weight is 213 g/mol. The number of nitrogens with two attached hydrogens (primary N) is 1. The Morgan fingerprint density at radius 1 is 1.40 bits per heavy atom. The quantitative estimate of drug-likeness (QED) is 0.833. The molecule has 0 bridgehead atoms. The van der Waals surface area contributed by atoms with Gasteiger partial charge in [0.25, 0.3) is 0 Å². The summed E-state index contributed by atoms with van der Waals surface area (Å²) in [5.74, 6) is -1.84. The summed E-state index contributed by atoms with van der Waals surface area (Å²) in [7, 11) is 1.33. The van der Waals surface area contributed by atoms with Crippen molar-refractivity contribution < 1.29 is 13.5 Å². The van der Waals surface area contributed by atoms with Gasteiger partial charge in [-0.05, 0) is 30.9 Å². The van der Waals surface area contributed by atoms with Crippen LogP contribution in [-0.2, 0) is 6.42 Å². The van der Waals surface area contributed by atoms with Crippen molar-refractivity contribution in [3.8, 4) is 5.75 Å². The predicted octanol–water partition coefficient (Wildman–Crippen LogP) is 2.01. The molecular weight excluding hydrogens is 200 g/mol. The number of methoxy groups -OCH3 is 1. The van der Waals surface area contributed by atoms with Crippen LogP contribution in [0.25, 0.3) is 0 Å². The lowest BCUT2D eigenvalue weighted by Gasteiger charge is -2.13. The van der Waals surface area contributed by atoms with Crippen LogP contribution in [0.1, 0.15) is 18.4 Å². The number of benzene rings is 1. The van der Waals surface area contributed by atoms with E-state index in [-0.39, 0.29) is 11.3 Å². The zero-order valence-electron chi connectivity index (χ0n) is 8.52. The van der Waals surface area contributed by atoms with Gasteiger partial charge >= 0.3 is 0 Å². The summed E-state index contributed by atoms with van der Waals surface area (Å²) >= 11 is 0. The number of ether oxygens (including phenoxy) is 1. The maximum absolute atomic E-state index is 13.3. The van der Waals surface area contributed by atoms with Gasteiger partial charge in [-0.15, -0.1) is 0 Å². The van der Waals surface area contributed by atoms with Crippen LogP contribution in [0.4, 0.5) is 8.78 Å². The van der Waals surface area contributed by atoms with Crippen LogP contribution in [0, 0.1) is 11.6 Å². The van der Waals surface area contributed by atoms with Gasteiger partial charge in [-0.25, -0.2) is 4.39 Å². The maximum atomic E-state index is 13.3. The van der Waals surface area contributed by atoms with E-state index in [4.69, 9.17) is 10.5 Å². The fourth-order valence-electron chi connectivity index (χ4n) is 1.65. The molecule has 1 aliphatic carbocycles. The highest BCUT2D eigenvalue weighted by atomic mass is 19.2. The molecule has 1 saturated carbocycles. The lowest BCUT2D eigenvalue weighted by atomic mass is 10.0. The van der Waals surface area contributed by atoms with Gasteiger partial charge in [-0.1, -0.05) is 6.07 Å². The molecule has 0 aliphatic heterocycles. The third kappa shape index (κ3) is 1.95. The Morgan fingerprint density at radius 2 is 2.07 bits per heavy atom. The SMILES string of the molecule is COc1c(CC2(N)CC2)ccc(F)c1F. The highest BCUT2D eigenvalue weighted by Crippen LogP contribution is 2.38. The van der Waals surface area contributed by atoms with Crippen molar-refractivity contribution in [3.63, 3.8) is 0 Å². The molecule has 0 heterocycles. The molecule has 2 N–H and O–H groups in total. The molecule has 0 spiro atoms. The smallest absolute Gasteiger partial charge is 0.200 e. The molecule has 0 saturated heterocycles. The number of halogens is 2. The van der Waals surface area contributed by atoms with Crippen molar-refractivity contribution in [1.29, 1.82) is 0 Å². The highest BCUT2D eigenvalue weighted by Gasteiger charge is 2.39. The molecule has 1 fully saturated rings. The third-order valence-corrected chi connectivity index (χ3v) is 2.77. The summed E-state index contributed by atoms with van der Waals surface area (Å²) < 4.78 is 31.1. The first kappa shape index (κ1) is 10.4. The van der Waals surface area contributed by atoms with Crippen molar-refractivity contribution in [2.75, 3.05) is 7.11 Å². The molecule has 4 heteroatoms. The second kappa shape index (κ2) is 3.45. The normalized spacial score (nSPS) is 17.6. The Kier molecular flexibility index (Phi) is 2.38. The van der Waals surface area contributed by atoms with Gasteiger partial charge < -0.3 is 10.5 Å². The van der Waals surface area contributed by atoms with E-state index in [1.165, 1.54) is 13.2 Å². The minimum Gasteiger partial charge on any atom is -0.493 e. The van der Waals surface area contributed by atoms with Gasteiger partial charge in [0, 0.05) is 5.54 Å². The van der Waals surface area contributed by atoms with Crippen LogP contribution >= 0.6 is 0 Å². The lowest BCUT2D eigenvalue weighted by Crippen LogP contribution is -2.25. The molecule has 1 aromatic carbocycles. The zero-order chi connectivity index (χ0) is 11.1. The van der Waals surface area contributed by atoms with Crippen LogP contribution in [0.15, 0.2) is 12.1 Å². The third-order valence-electron chi connectivity index (χ3n) is 2.77.